The molecule has 1 aliphatic heterocycles. The van der Waals surface area contributed by atoms with E-state index in [0.29, 0.717) is 19.1 Å². The van der Waals surface area contributed by atoms with Crippen LogP contribution in [0.15, 0.2) is 6.20 Å². The summed E-state index contributed by atoms with van der Waals surface area (Å²) in [5.74, 6) is 0. The smallest absolute Gasteiger partial charge is 0.410 e. The predicted molar refractivity (Wildman–Crippen MR) is 64.1 cm³/mol. The van der Waals surface area contributed by atoms with Gasteiger partial charge in [0.05, 0.1) is 25.9 Å². The van der Waals surface area contributed by atoms with Crippen LogP contribution in [-0.4, -0.2) is 33.7 Å². The van der Waals surface area contributed by atoms with Crippen molar-refractivity contribution in [2.24, 2.45) is 0 Å². The number of amides is 1. The van der Waals surface area contributed by atoms with Crippen LogP contribution in [0.4, 0.5) is 4.79 Å². The number of methoxy groups -OCH3 is 1. The zero-order chi connectivity index (χ0) is 13.3. The molecule has 1 aromatic heterocycles. The highest BCUT2D eigenvalue weighted by Crippen LogP contribution is 2.23. The standard InChI is InChI=1S/C12H17N3O3/c1-12(2,3)18-11(16)15-6-8-5-13-10(17-4)14-9(8)7-15/h5H,6-7H2,1-4H3. The van der Waals surface area contributed by atoms with Gasteiger partial charge in [-0.25, -0.2) is 9.78 Å². The Labute approximate surface area is 106 Å². The third-order valence-corrected chi connectivity index (χ3v) is 2.47. The van der Waals surface area contributed by atoms with Crippen LogP contribution in [-0.2, 0) is 17.8 Å². The molecule has 0 spiro atoms. The Kier molecular flexibility index (Phi) is 3.11. The van der Waals surface area contributed by atoms with Crippen LogP contribution < -0.4 is 4.74 Å². The molecule has 6 heteroatoms. The van der Waals surface area contributed by atoms with Crippen LogP contribution in [0.25, 0.3) is 0 Å². The molecule has 0 saturated carbocycles. The van der Waals surface area contributed by atoms with Gasteiger partial charge in [0.15, 0.2) is 0 Å². The molecule has 0 fully saturated rings. The van der Waals surface area contributed by atoms with Crippen molar-refractivity contribution in [3.63, 3.8) is 0 Å². The molecule has 0 radical (unpaired) electrons. The van der Waals surface area contributed by atoms with Crippen molar-refractivity contribution in [3.05, 3.63) is 17.5 Å². The quantitative estimate of drug-likeness (QED) is 0.760. The molecule has 1 aliphatic rings. The lowest BCUT2D eigenvalue weighted by atomic mass is 10.2. The van der Waals surface area contributed by atoms with E-state index in [0.717, 1.165) is 11.3 Å². The van der Waals surface area contributed by atoms with Crippen molar-refractivity contribution in [2.45, 2.75) is 39.5 Å². The molecule has 1 amide bonds. The van der Waals surface area contributed by atoms with Crippen LogP contribution in [0.5, 0.6) is 6.01 Å². The molecular weight excluding hydrogens is 234 g/mol. The molecule has 18 heavy (non-hydrogen) atoms. The first kappa shape index (κ1) is 12.6. The van der Waals surface area contributed by atoms with Gasteiger partial charge in [0, 0.05) is 11.8 Å². The van der Waals surface area contributed by atoms with Gasteiger partial charge in [-0.3, -0.25) is 4.90 Å². The lowest BCUT2D eigenvalue weighted by molar-refractivity contribution is 0.0240. The second-order valence-electron chi connectivity index (χ2n) is 5.17. The van der Waals surface area contributed by atoms with Crippen LogP contribution in [0, 0.1) is 0 Å². The molecule has 0 aliphatic carbocycles. The van der Waals surface area contributed by atoms with Crippen LogP contribution >= 0.6 is 0 Å². The van der Waals surface area contributed by atoms with Crippen molar-refractivity contribution >= 4 is 6.09 Å². The Morgan fingerprint density at radius 3 is 2.72 bits per heavy atom. The topological polar surface area (TPSA) is 64.6 Å². The van der Waals surface area contributed by atoms with Gasteiger partial charge in [0.25, 0.3) is 0 Å². The van der Waals surface area contributed by atoms with Crippen molar-refractivity contribution in [1.29, 1.82) is 0 Å². The van der Waals surface area contributed by atoms with Crippen molar-refractivity contribution < 1.29 is 14.3 Å². The van der Waals surface area contributed by atoms with E-state index in [1.54, 1.807) is 11.1 Å². The Morgan fingerprint density at radius 2 is 2.11 bits per heavy atom. The number of hydrogen-bond acceptors (Lipinski definition) is 5. The molecule has 0 aromatic carbocycles. The number of hydrogen-bond donors (Lipinski definition) is 0. The first-order valence-electron chi connectivity index (χ1n) is 5.76. The normalized spacial score (nSPS) is 14.3. The third kappa shape index (κ3) is 2.69. The minimum absolute atomic E-state index is 0.319. The first-order chi connectivity index (χ1) is 8.39. The van der Waals surface area contributed by atoms with Gasteiger partial charge in [-0.1, -0.05) is 0 Å². The molecule has 0 unspecified atom stereocenters. The molecule has 0 N–H and O–H groups in total. The summed E-state index contributed by atoms with van der Waals surface area (Å²) in [4.78, 5) is 21.8. The second-order valence-corrected chi connectivity index (χ2v) is 5.17. The molecule has 0 atom stereocenters. The molecule has 2 heterocycles. The highest BCUT2D eigenvalue weighted by atomic mass is 16.6. The number of ether oxygens (including phenoxy) is 2. The zero-order valence-corrected chi connectivity index (χ0v) is 11.1. The number of carbonyl (C=O) groups excluding carboxylic acids is 1. The van der Waals surface area contributed by atoms with Gasteiger partial charge in [0.1, 0.15) is 5.60 Å². The van der Waals surface area contributed by atoms with Gasteiger partial charge in [0.2, 0.25) is 0 Å². The summed E-state index contributed by atoms with van der Waals surface area (Å²) in [5, 5.41) is 0. The molecule has 1 aromatic rings. The zero-order valence-electron chi connectivity index (χ0n) is 11.1. The SMILES string of the molecule is COc1ncc2c(n1)CN(C(=O)OC(C)(C)C)C2. The van der Waals surface area contributed by atoms with E-state index in [1.165, 1.54) is 7.11 Å². The van der Waals surface area contributed by atoms with Crippen molar-refractivity contribution in [3.8, 4) is 6.01 Å². The van der Waals surface area contributed by atoms with Gasteiger partial charge in [-0.05, 0) is 20.8 Å². The van der Waals surface area contributed by atoms with Gasteiger partial charge < -0.3 is 9.47 Å². The van der Waals surface area contributed by atoms with Crippen LogP contribution in [0.3, 0.4) is 0 Å². The molecule has 0 saturated heterocycles. The van der Waals surface area contributed by atoms with Gasteiger partial charge >= 0.3 is 12.1 Å². The van der Waals surface area contributed by atoms with E-state index in [9.17, 15) is 4.79 Å². The average molecular weight is 251 g/mol. The summed E-state index contributed by atoms with van der Waals surface area (Å²) in [5.41, 5.74) is 1.25. The van der Waals surface area contributed by atoms with E-state index in [-0.39, 0.29) is 6.09 Å². The minimum atomic E-state index is -0.491. The summed E-state index contributed by atoms with van der Waals surface area (Å²) in [6, 6.07) is 0.319. The number of carbonyl (C=O) groups is 1. The van der Waals surface area contributed by atoms with E-state index >= 15 is 0 Å². The van der Waals surface area contributed by atoms with Crippen molar-refractivity contribution in [1.82, 2.24) is 14.9 Å². The number of nitrogens with zero attached hydrogens (tertiary/aromatic N) is 3. The number of aromatic nitrogens is 2. The molecule has 98 valence electrons. The summed E-state index contributed by atoms with van der Waals surface area (Å²) < 4.78 is 10.3. The van der Waals surface area contributed by atoms with E-state index in [2.05, 4.69) is 9.97 Å². The van der Waals surface area contributed by atoms with Gasteiger partial charge in [-0.2, -0.15) is 4.98 Å². The van der Waals surface area contributed by atoms with Crippen LogP contribution in [0.2, 0.25) is 0 Å². The van der Waals surface area contributed by atoms with Crippen LogP contribution in [0.1, 0.15) is 32.0 Å². The van der Waals surface area contributed by atoms with E-state index in [4.69, 9.17) is 9.47 Å². The highest BCUT2D eigenvalue weighted by molar-refractivity contribution is 5.69. The highest BCUT2D eigenvalue weighted by Gasteiger charge is 2.29. The maximum absolute atomic E-state index is 11.9. The lowest BCUT2D eigenvalue weighted by Crippen LogP contribution is -2.33. The summed E-state index contributed by atoms with van der Waals surface area (Å²) in [6.45, 7) is 6.45. The first-order valence-corrected chi connectivity index (χ1v) is 5.76. The van der Waals surface area contributed by atoms with E-state index < -0.39 is 5.60 Å². The van der Waals surface area contributed by atoms with E-state index in [1.807, 2.05) is 20.8 Å². The monoisotopic (exact) mass is 251 g/mol. The predicted octanol–water partition coefficient (Wildman–Crippen LogP) is 1.74. The maximum Gasteiger partial charge on any atom is 0.410 e. The maximum atomic E-state index is 11.9. The molecule has 2 rings (SSSR count). The molecule has 6 nitrogen and oxygen atoms in total. The Hall–Kier alpha value is -1.85. The average Bonchev–Trinajstić information content (AvgIpc) is 2.69. The summed E-state index contributed by atoms with van der Waals surface area (Å²) in [6.07, 6.45) is 1.35. The fourth-order valence-electron chi connectivity index (χ4n) is 1.69. The minimum Gasteiger partial charge on any atom is -0.467 e. The Balaban J connectivity index is 2.08. The Morgan fingerprint density at radius 1 is 1.39 bits per heavy atom. The fourth-order valence-corrected chi connectivity index (χ4v) is 1.69. The van der Waals surface area contributed by atoms with Gasteiger partial charge in [-0.15, -0.1) is 0 Å². The molecular formula is C12H17N3O3. The fraction of sp³-hybridized carbons (Fsp3) is 0.583. The number of fused-ring (bicyclic) bond motifs is 1. The summed E-state index contributed by atoms with van der Waals surface area (Å²) >= 11 is 0. The number of rotatable bonds is 1. The molecule has 0 bridgehead atoms. The Bertz CT molecular complexity index is 468. The largest absolute Gasteiger partial charge is 0.467 e. The second kappa shape index (κ2) is 4.44. The lowest BCUT2D eigenvalue weighted by Gasteiger charge is -2.23. The van der Waals surface area contributed by atoms with Crippen molar-refractivity contribution in [2.75, 3.05) is 7.11 Å². The third-order valence-electron chi connectivity index (χ3n) is 2.47. The summed E-state index contributed by atoms with van der Waals surface area (Å²) in [7, 11) is 1.52.